The van der Waals surface area contributed by atoms with E-state index in [0.29, 0.717) is 26.0 Å². The molecule has 0 aliphatic rings. The number of hydrogen-bond donors (Lipinski definition) is 0. The van der Waals surface area contributed by atoms with E-state index in [1.165, 1.54) is 0 Å². The Morgan fingerprint density at radius 1 is 1.44 bits per heavy atom. The molecule has 0 spiro atoms. The Hall–Kier alpha value is -2.02. The molecular formula is C14H18N2O2. The lowest BCUT2D eigenvalue weighted by atomic mass is 10.2. The van der Waals surface area contributed by atoms with Gasteiger partial charge < -0.3 is 9.64 Å². The lowest BCUT2D eigenvalue weighted by Gasteiger charge is -2.15. The second-order valence-corrected chi connectivity index (χ2v) is 4.09. The Morgan fingerprint density at radius 3 is 2.83 bits per heavy atom. The first-order valence-electron chi connectivity index (χ1n) is 5.94. The van der Waals surface area contributed by atoms with E-state index >= 15 is 0 Å². The molecule has 1 aromatic carbocycles. The first-order valence-corrected chi connectivity index (χ1v) is 5.94. The molecule has 0 aromatic heterocycles. The number of nitrogens with zero attached hydrogens (tertiary/aromatic N) is 2. The largest absolute Gasteiger partial charge is 0.493 e. The number of benzene rings is 1. The van der Waals surface area contributed by atoms with Gasteiger partial charge in [-0.3, -0.25) is 4.79 Å². The van der Waals surface area contributed by atoms with Crippen molar-refractivity contribution in [1.29, 1.82) is 5.26 Å². The van der Waals surface area contributed by atoms with E-state index in [2.05, 4.69) is 0 Å². The van der Waals surface area contributed by atoms with Crippen molar-refractivity contribution in [2.75, 3.05) is 20.2 Å². The molecule has 0 bridgehead atoms. The van der Waals surface area contributed by atoms with Gasteiger partial charge in [0.1, 0.15) is 5.75 Å². The van der Waals surface area contributed by atoms with Crippen LogP contribution in [-0.4, -0.2) is 31.0 Å². The fraction of sp³-hybridized carbons (Fsp3) is 0.429. The van der Waals surface area contributed by atoms with Gasteiger partial charge in [0.15, 0.2) is 0 Å². The van der Waals surface area contributed by atoms with Gasteiger partial charge in [-0.05, 0) is 18.6 Å². The lowest BCUT2D eigenvalue weighted by molar-refractivity contribution is -0.130. The molecule has 0 heterocycles. The number of carbonyl (C=O) groups excluding carboxylic acids is 1. The molecule has 4 nitrogen and oxygen atoms in total. The van der Waals surface area contributed by atoms with Crippen LogP contribution in [0, 0.1) is 18.3 Å². The zero-order valence-corrected chi connectivity index (χ0v) is 10.8. The number of hydrogen-bond acceptors (Lipinski definition) is 3. The van der Waals surface area contributed by atoms with Crippen molar-refractivity contribution in [3.8, 4) is 11.8 Å². The summed E-state index contributed by atoms with van der Waals surface area (Å²) in [5.41, 5.74) is 1.06. The molecule has 0 fully saturated rings. The third kappa shape index (κ3) is 4.46. The van der Waals surface area contributed by atoms with E-state index in [1.807, 2.05) is 37.3 Å². The number of ether oxygens (including phenoxy) is 1. The minimum Gasteiger partial charge on any atom is -0.493 e. The van der Waals surface area contributed by atoms with E-state index in [-0.39, 0.29) is 5.91 Å². The molecule has 0 atom stereocenters. The van der Waals surface area contributed by atoms with Crippen molar-refractivity contribution in [1.82, 2.24) is 4.90 Å². The van der Waals surface area contributed by atoms with Crippen molar-refractivity contribution < 1.29 is 9.53 Å². The van der Waals surface area contributed by atoms with Gasteiger partial charge in [-0.2, -0.15) is 5.26 Å². The van der Waals surface area contributed by atoms with Crippen LogP contribution in [0.25, 0.3) is 0 Å². The summed E-state index contributed by atoms with van der Waals surface area (Å²) in [7, 11) is 1.70. The highest BCUT2D eigenvalue weighted by Crippen LogP contribution is 2.16. The van der Waals surface area contributed by atoms with Crippen LogP contribution >= 0.6 is 0 Å². The molecular weight excluding hydrogens is 228 g/mol. The molecule has 0 N–H and O–H groups in total. The highest BCUT2D eigenvalue weighted by atomic mass is 16.5. The van der Waals surface area contributed by atoms with Crippen LogP contribution in [0.4, 0.5) is 0 Å². The molecule has 0 unspecified atom stereocenters. The summed E-state index contributed by atoms with van der Waals surface area (Å²) < 4.78 is 5.55. The molecule has 1 amide bonds. The van der Waals surface area contributed by atoms with Crippen molar-refractivity contribution in [3.63, 3.8) is 0 Å². The van der Waals surface area contributed by atoms with Crippen molar-refractivity contribution >= 4 is 5.91 Å². The van der Waals surface area contributed by atoms with Gasteiger partial charge in [0.2, 0.25) is 5.91 Å². The topological polar surface area (TPSA) is 53.3 Å². The summed E-state index contributed by atoms with van der Waals surface area (Å²) in [5, 5.41) is 8.44. The fourth-order valence-corrected chi connectivity index (χ4v) is 1.50. The molecule has 18 heavy (non-hydrogen) atoms. The summed E-state index contributed by atoms with van der Waals surface area (Å²) in [5.74, 6) is 0.809. The van der Waals surface area contributed by atoms with Crippen LogP contribution in [-0.2, 0) is 4.79 Å². The third-order valence-corrected chi connectivity index (χ3v) is 2.65. The minimum atomic E-state index is -0.00108. The summed E-state index contributed by atoms with van der Waals surface area (Å²) in [6, 6.07) is 9.73. The first-order chi connectivity index (χ1) is 8.65. The van der Waals surface area contributed by atoms with Crippen LogP contribution in [0.3, 0.4) is 0 Å². The van der Waals surface area contributed by atoms with Gasteiger partial charge in [0, 0.05) is 13.6 Å². The van der Waals surface area contributed by atoms with Gasteiger partial charge in [0.05, 0.1) is 25.5 Å². The van der Waals surface area contributed by atoms with E-state index in [1.54, 1.807) is 11.9 Å². The highest BCUT2D eigenvalue weighted by molar-refractivity contribution is 5.75. The minimum absolute atomic E-state index is 0.00108. The number of amides is 1. The maximum Gasteiger partial charge on any atom is 0.225 e. The average Bonchev–Trinajstić information content (AvgIpc) is 2.38. The van der Waals surface area contributed by atoms with Gasteiger partial charge in [-0.25, -0.2) is 0 Å². The van der Waals surface area contributed by atoms with E-state index in [4.69, 9.17) is 10.00 Å². The Morgan fingerprint density at radius 2 is 2.17 bits per heavy atom. The molecule has 0 saturated heterocycles. The SMILES string of the molecule is Cc1ccccc1OCCC(=O)N(C)CCC#N. The summed E-state index contributed by atoms with van der Waals surface area (Å²) in [6.45, 7) is 2.80. The number of carbonyl (C=O) groups is 1. The second-order valence-electron chi connectivity index (χ2n) is 4.09. The number of nitriles is 1. The lowest BCUT2D eigenvalue weighted by Crippen LogP contribution is -2.28. The predicted molar refractivity (Wildman–Crippen MR) is 69.2 cm³/mol. The van der Waals surface area contributed by atoms with Gasteiger partial charge in [0.25, 0.3) is 0 Å². The molecule has 0 aliphatic carbocycles. The van der Waals surface area contributed by atoms with Crippen LogP contribution in [0.1, 0.15) is 18.4 Å². The zero-order valence-electron chi connectivity index (χ0n) is 10.8. The smallest absolute Gasteiger partial charge is 0.225 e. The Balaban J connectivity index is 2.32. The Labute approximate surface area is 108 Å². The molecule has 0 radical (unpaired) electrons. The van der Waals surface area contributed by atoms with Crippen LogP contribution in [0.15, 0.2) is 24.3 Å². The van der Waals surface area contributed by atoms with Crippen LogP contribution in [0.2, 0.25) is 0 Å². The molecule has 1 aromatic rings. The second kappa shape index (κ2) is 7.33. The quantitative estimate of drug-likeness (QED) is 0.772. The van der Waals surface area contributed by atoms with Gasteiger partial charge >= 0.3 is 0 Å². The predicted octanol–water partition coefficient (Wildman–Crippen LogP) is 2.14. The highest BCUT2D eigenvalue weighted by Gasteiger charge is 2.08. The van der Waals surface area contributed by atoms with E-state index in [9.17, 15) is 4.79 Å². The molecule has 0 aliphatic heterocycles. The normalized spacial score (nSPS) is 9.61. The number of para-hydroxylation sites is 1. The zero-order chi connectivity index (χ0) is 13.4. The monoisotopic (exact) mass is 246 g/mol. The summed E-state index contributed by atoms with van der Waals surface area (Å²) >= 11 is 0. The van der Waals surface area contributed by atoms with Crippen LogP contribution in [0.5, 0.6) is 5.75 Å². The summed E-state index contributed by atoms with van der Waals surface area (Å²) in [6.07, 6.45) is 0.692. The van der Waals surface area contributed by atoms with E-state index in [0.717, 1.165) is 11.3 Å². The van der Waals surface area contributed by atoms with Crippen LogP contribution < -0.4 is 4.74 Å². The molecule has 4 heteroatoms. The fourth-order valence-electron chi connectivity index (χ4n) is 1.50. The average molecular weight is 246 g/mol. The van der Waals surface area contributed by atoms with Gasteiger partial charge in [-0.15, -0.1) is 0 Å². The molecule has 1 rings (SSSR count). The van der Waals surface area contributed by atoms with Crippen molar-refractivity contribution in [2.24, 2.45) is 0 Å². The first kappa shape index (κ1) is 14.0. The van der Waals surface area contributed by atoms with E-state index < -0.39 is 0 Å². The third-order valence-electron chi connectivity index (χ3n) is 2.65. The van der Waals surface area contributed by atoms with Crippen molar-refractivity contribution in [3.05, 3.63) is 29.8 Å². The molecule has 0 saturated carbocycles. The number of aryl methyl sites for hydroxylation is 1. The Kier molecular flexibility index (Phi) is 5.72. The number of rotatable bonds is 6. The Bertz CT molecular complexity index is 438. The standard InChI is InChI=1S/C14H18N2O2/c1-12-6-3-4-7-13(12)18-11-8-14(17)16(2)10-5-9-15/h3-4,6-7H,5,8,10-11H2,1-2H3. The van der Waals surface area contributed by atoms with Crippen molar-refractivity contribution in [2.45, 2.75) is 19.8 Å². The maximum absolute atomic E-state index is 11.7. The summed E-state index contributed by atoms with van der Waals surface area (Å²) in [4.78, 5) is 13.2. The molecule has 96 valence electrons. The van der Waals surface area contributed by atoms with Gasteiger partial charge in [-0.1, -0.05) is 18.2 Å². The maximum atomic E-state index is 11.7.